The molecule has 0 spiro atoms. The zero-order valence-electron chi connectivity index (χ0n) is 7.96. The first-order chi connectivity index (χ1) is 7.33. The topological polar surface area (TPSA) is 46.5 Å². The minimum atomic E-state index is -1.20. The number of hydrogen-bond donors (Lipinski definition) is 1. The molecule has 2 rings (SSSR count). The third-order valence-corrected chi connectivity index (χ3v) is 2.27. The fourth-order valence-electron chi connectivity index (χ4n) is 1.59. The van der Waals surface area contributed by atoms with Gasteiger partial charge in [0.25, 0.3) is 6.47 Å². The first-order valence-corrected chi connectivity index (χ1v) is 4.58. The van der Waals surface area contributed by atoms with Crippen molar-refractivity contribution >= 4 is 17.2 Å². The lowest BCUT2D eigenvalue weighted by atomic mass is 10.0. The summed E-state index contributed by atoms with van der Waals surface area (Å²) < 4.78 is 4.51. The van der Waals surface area contributed by atoms with Crippen LogP contribution >= 0.6 is 0 Å². The number of hydrogen-bond acceptors (Lipinski definition) is 3. The van der Waals surface area contributed by atoms with Gasteiger partial charge in [0.05, 0.1) is 0 Å². The highest BCUT2D eigenvalue weighted by Gasteiger charge is 2.10. The third kappa shape index (κ3) is 1.82. The molecule has 2 aromatic rings. The zero-order chi connectivity index (χ0) is 10.7. The summed E-state index contributed by atoms with van der Waals surface area (Å²) >= 11 is 0. The summed E-state index contributed by atoms with van der Waals surface area (Å²) in [5, 5.41) is 11.5. The van der Waals surface area contributed by atoms with Gasteiger partial charge in [-0.15, -0.1) is 0 Å². The van der Waals surface area contributed by atoms with Crippen molar-refractivity contribution in [3.05, 3.63) is 48.0 Å². The van der Waals surface area contributed by atoms with E-state index in [0.717, 1.165) is 10.8 Å². The molecule has 2 aromatic carbocycles. The maximum atomic E-state index is 10.1. The Kier molecular flexibility index (Phi) is 2.65. The molecule has 1 atom stereocenters. The molecule has 0 aliphatic rings. The molecular formula is C12H10O3. The van der Waals surface area contributed by atoms with E-state index >= 15 is 0 Å². The van der Waals surface area contributed by atoms with E-state index in [1.807, 2.05) is 36.4 Å². The van der Waals surface area contributed by atoms with Gasteiger partial charge in [0.1, 0.15) is 0 Å². The van der Waals surface area contributed by atoms with E-state index in [4.69, 9.17) is 0 Å². The fraction of sp³-hybridized carbons (Fsp3) is 0.0833. The van der Waals surface area contributed by atoms with Gasteiger partial charge in [0.15, 0.2) is 0 Å². The van der Waals surface area contributed by atoms with Crippen LogP contribution in [0.3, 0.4) is 0 Å². The molecule has 0 aliphatic carbocycles. The van der Waals surface area contributed by atoms with Crippen molar-refractivity contribution in [1.82, 2.24) is 0 Å². The summed E-state index contributed by atoms with van der Waals surface area (Å²) in [7, 11) is 0. The molecule has 0 aliphatic heterocycles. The molecule has 15 heavy (non-hydrogen) atoms. The number of carbonyl (C=O) groups excluding carboxylic acids is 1. The quantitative estimate of drug-likeness (QED) is 0.611. The van der Waals surface area contributed by atoms with Crippen LogP contribution in [0.4, 0.5) is 0 Å². The van der Waals surface area contributed by atoms with E-state index in [1.54, 1.807) is 6.07 Å². The standard InChI is InChI=1S/C12H10O3/c13-8-15-12(14)11-7-3-5-9-4-1-2-6-10(9)11/h1-8,12,14H. The number of ether oxygens (including phenoxy) is 1. The van der Waals surface area contributed by atoms with Crippen molar-refractivity contribution in [1.29, 1.82) is 0 Å². The molecule has 1 N–H and O–H groups in total. The van der Waals surface area contributed by atoms with Crippen molar-refractivity contribution in [2.75, 3.05) is 0 Å². The normalized spacial score (nSPS) is 12.3. The summed E-state index contributed by atoms with van der Waals surface area (Å²) in [6.07, 6.45) is -1.20. The van der Waals surface area contributed by atoms with Crippen LogP contribution in [0.1, 0.15) is 11.9 Å². The van der Waals surface area contributed by atoms with Crippen molar-refractivity contribution in [3.63, 3.8) is 0 Å². The summed E-state index contributed by atoms with van der Waals surface area (Å²) in [5.41, 5.74) is 0.597. The van der Waals surface area contributed by atoms with Crippen LogP contribution in [-0.2, 0) is 9.53 Å². The van der Waals surface area contributed by atoms with Crippen LogP contribution in [-0.4, -0.2) is 11.6 Å². The molecular weight excluding hydrogens is 192 g/mol. The number of aliphatic hydroxyl groups is 1. The molecule has 0 aromatic heterocycles. The second-order valence-electron chi connectivity index (χ2n) is 3.15. The van der Waals surface area contributed by atoms with Crippen LogP contribution in [0.15, 0.2) is 42.5 Å². The van der Waals surface area contributed by atoms with Crippen LogP contribution in [0.2, 0.25) is 0 Å². The van der Waals surface area contributed by atoms with E-state index in [1.165, 1.54) is 0 Å². The van der Waals surface area contributed by atoms with Gasteiger partial charge < -0.3 is 9.84 Å². The van der Waals surface area contributed by atoms with Crippen LogP contribution < -0.4 is 0 Å². The maximum Gasteiger partial charge on any atom is 0.295 e. The molecule has 0 heterocycles. The zero-order valence-corrected chi connectivity index (χ0v) is 7.96. The monoisotopic (exact) mass is 202 g/mol. The molecule has 3 nitrogen and oxygen atoms in total. The lowest BCUT2D eigenvalue weighted by Crippen LogP contribution is -2.02. The Bertz CT molecular complexity index is 474. The Hall–Kier alpha value is -1.87. The van der Waals surface area contributed by atoms with Gasteiger partial charge in [-0.1, -0.05) is 42.5 Å². The second kappa shape index (κ2) is 4.11. The number of carbonyl (C=O) groups is 1. The van der Waals surface area contributed by atoms with Crippen molar-refractivity contribution < 1.29 is 14.6 Å². The van der Waals surface area contributed by atoms with Gasteiger partial charge in [0, 0.05) is 5.56 Å². The Balaban J connectivity index is 2.55. The minimum absolute atomic E-state index is 0.243. The minimum Gasteiger partial charge on any atom is -0.434 e. The predicted molar refractivity (Wildman–Crippen MR) is 56.1 cm³/mol. The van der Waals surface area contributed by atoms with Crippen LogP contribution in [0.25, 0.3) is 10.8 Å². The van der Waals surface area contributed by atoms with Gasteiger partial charge in [0.2, 0.25) is 6.29 Å². The third-order valence-electron chi connectivity index (χ3n) is 2.27. The highest BCUT2D eigenvalue weighted by molar-refractivity contribution is 5.85. The maximum absolute atomic E-state index is 10.1. The number of rotatable bonds is 3. The Morgan fingerprint density at radius 1 is 1.13 bits per heavy atom. The smallest absolute Gasteiger partial charge is 0.295 e. The molecule has 0 fully saturated rings. The van der Waals surface area contributed by atoms with Crippen molar-refractivity contribution in [3.8, 4) is 0 Å². The first kappa shape index (κ1) is 9.68. The molecule has 1 unspecified atom stereocenters. The Morgan fingerprint density at radius 2 is 1.87 bits per heavy atom. The molecule has 76 valence electrons. The highest BCUT2D eigenvalue weighted by Crippen LogP contribution is 2.24. The van der Waals surface area contributed by atoms with Gasteiger partial charge in [-0.2, -0.15) is 0 Å². The first-order valence-electron chi connectivity index (χ1n) is 4.58. The molecule has 0 saturated heterocycles. The highest BCUT2D eigenvalue weighted by atomic mass is 16.6. The summed E-state index contributed by atoms with van der Waals surface area (Å²) in [6, 6.07) is 13.1. The molecule has 0 saturated carbocycles. The average Bonchev–Trinajstić information content (AvgIpc) is 2.28. The Labute approximate surface area is 86.9 Å². The summed E-state index contributed by atoms with van der Waals surface area (Å²) in [4.78, 5) is 10.1. The van der Waals surface area contributed by atoms with Crippen molar-refractivity contribution in [2.24, 2.45) is 0 Å². The lowest BCUT2D eigenvalue weighted by Gasteiger charge is -2.11. The van der Waals surface area contributed by atoms with Gasteiger partial charge in [-0.05, 0) is 10.8 Å². The number of benzene rings is 2. The van der Waals surface area contributed by atoms with Crippen LogP contribution in [0, 0.1) is 0 Å². The number of fused-ring (bicyclic) bond motifs is 1. The molecule has 0 amide bonds. The fourth-order valence-corrected chi connectivity index (χ4v) is 1.59. The van der Waals surface area contributed by atoms with E-state index in [2.05, 4.69) is 4.74 Å². The van der Waals surface area contributed by atoms with Gasteiger partial charge >= 0.3 is 0 Å². The predicted octanol–water partition coefficient (Wildman–Crippen LogP) is 2.00. The van der Waals surface area contributed by atoms with Gasteiger partial charge in [-0.25, -0.2) is 0 Å². The largest absolute Gasteiger partial charge is 0.434 e. The van der Waals surface area contributed by atoms with Gasteiger partial charge in [-0.3, -0.25) is 4.79 Å². The summed E-state index contributed by atoms with van der Waals surface area (Å²) in [5.74, 6) is 0. The van der Waals surface area contributed by atoms with E-state index in [9.17, 15) is 9.90 Å². The van der Waals surface area contributed by atoms with E-state index < -0.39 is 6.29 Å². The molecule has 0 radical (unpaired) electrons. The molecule has 0 bridgehead atoms. The summed E-state index contributed by atoms with van der Waals surface area (Å²) in [6.45, 7) is 0.243. The SMILES string of the molecule is O=COC(O)c1cccc2ccccc12. The van der Waals surface area contributed by atoms with Crippen molar-refractivity contribution in [2.45, 2.75) is 6.29 Å². The lowest BCUT2D eigenvalue weighted by molar-refractivity contribution is -0.152. The number of aliphatic hydroxyl groups excluding tert-OH is 1. The van der Waals surface area contributed by atoms with E-state index in [-0.39, 0.29) is 6.47 Å². The Morgan fingerprint density at radius 3 is 2.67 bits per heavy atom. The average molecular weight is 202 g/mol. The van der Waals surface area contributed by atoms with E-state index in [0.29, 0.717) is 5.56 Å². The second-order valence-corrected chi connectivity index (χ2v) is 3.15. The molecule has 3 heteroatoms. The van der Waals surface area contributed by atoms with Crippen LogP contribution in [0.5, 0.6) is 0 Å².